The van der Waals surface area contributed by atoms with Crippen LogP contribution in [-0.2, 0) is 0 Å². The van der Waals surface area contributed by atoms with Gasteiger partial charge in [-0.2, -0.15) is 0 Å². The predicted molar refractivity (Wildman–Crippen MR) is 71.4 cm³/mol. The summed E-state index contributed by atoms with van der Waals surface area (Å²) in [5.74, 6) is -0.812. The van der Waals surface area contributed by atoms with Crippen molar-refractivity contribution in [2.75, 3.05) is 12.4 Å². The second-order valence-electron chi connectivity index (χ2n) is 4.44. The minimum Gasteiger partial charge on any atom is -0.336 e. The van der Waals surface area contributed by atoms with E-state index in [1.54, 1.807) is 11.9 Å². The number of carbonyl (C=O) groups excluding carboxylic acids is 1. The van der Waals surface area contributed by atoms with Gasteiger partial charge in [0.15, 0.2) is 0 Å². The Labute approximate surface area is 114 Å². The first-order valence-electron chi connectivity index (χ1n) is 5.09. The van der Waals surface area contributed by atoms with Crippen molar-refractivity contribution in [3.05, 3.63) is 34.6 Å². The van der Waals surface area contributed by atoms with Gasteiger partial charge in [-0.05, 0) is 32.0 Å². The lowest BCUT2D eigenvalue weighted by molar-refractivity contribution is 0.0663. The molecule has 0 aliphatic rings. The molecule has 0 aliphatic carbocycles. The van der Waals surface area contributed by atoms with E-state index in [1.165, 1.54) is 12.1 Å². The summed E-state index contributed by atoms with van der Waals surface area (Å²) in [5.41, 5.74) is -0.0452. The lowest BCUT2D eigenvalue weighted by atomic mass is 10.1. The van der Waals surface area contributed by atoms with E-state index in [-0.39, 0.29) is 16.5 Å². The third kappa shape index (κ3) is 3.19. The summed E-state index contributed by atoms with van der Waals surface area (Å²) in [4.78, 5) is 13.7. The number of amides is 1. The standard InChI is InChI=1S/C12H14BrClFNO/c1-12(2,7-13)16(3)11(17)8-4-5-9(14)10(15)6-8/h4-6H,7H2,1-3H3. The van der Waals surface area contributed by atoms with Crippen LogP contribution in [0.5, 0.6) is 0 Å². The molecular weight excluding hydrogens is 308 g/mol. The first-order chi connectivity index (χ1) is 7.79. The molecule has 17 heavy (non-hydrogen) atoms. The van der Waals surface area contributed by atoms with Crippen LogP contribution in [0.3, 0.4) is 0 Å². The van der Waals surface area contributed by atoms with Crippen molar-refractivity contribution in [2.24, 2.45) is 0 Å². The Morgan fingerprint density at radius 3 is 2.59 bits per heavy atom. The molecule has 0 saturated carbocycles. The summed E-state index contributed by atoms with van der Waals surface area (Å²) in [6.07, 6.45) is 0. The van der Waals surface area contributed by atoms with Crippen molar-refractivity contribution in [1.82, 2.24) is 4.90 Å². The first-order valence-corrected chi connectivity index (χ1v) is 6.58. The first kappa shape index (κ1) is 14.5. The second kappa shape index (κ2) is 5.36. The summed E-state index contributed by atoms with van der Waals surface area (Å²) in [7, 11) is 1.69. The van der Waals surface area contributed by atoms with Crippen molar-refractivity contribution in [3.8, 4) is 0 Å². The fraction of sp³-hybridized carbons (Fsp3) is 0.417. The minimum absolute atomic E-state index is 0.0176. The number of hydrogen-bond acceptors (Lipinski definition) is 1. The molecule has 0 atom stereocenters. The van der Waals surface area contributed by atoms with E-state index in [0.717, 1.165) is 6.07 Å². The van der Waals surface area contributed by atoms with Crippen LogP contribution in [0.2, 0.25) is 5.02 Å². The third-order valence-electron chi connectivity index (χ3n) is 2.71. The Hall–Kier alpha value is -0.610. The molecule has 1 aromatic rings. The Balaban J connectivity index is 3.01. The van der Waals surface area contributed by atoms with Crippen molar-refractivity contribution in [2.45, 2.75) is 19.4 Å². The largest absolute Gasteiger partial charge is 0.336 e. The van der Waals surface area contributed by atoms with Crippen molar-refractivity contribution < 1.29 is 9.18 Å². The monoisotopic (exact) mass is 321 g/mol. The van der Waals surface area contributed by atoms with Crippen LogP contribution < -0.4 is 0 Å². The molecule has 0 heterocycles. The van der Waals surface area contributed by atoms with E-state index in [0.29, 0.717) is 10.9 Å². The lowest BCUT2D eigenvalue weighted by Crippen LogP contribution is -2.46. The molecule has 94 valence electrons. The topological polar surface area (TPSA) is 20.3 Å². The molecule has 0 fully saturated rings. The quantitative estimate of drug-likeness (QED) is 0.777. The maximum atomic E-state index is 13.3. The van der Waals surface area contributed by atoms with Gasteiger partial charge in [-0.1, -0.05) is 27.5 Å². The molecule has 5 heteroatoms. The fourth-order valence-electron chi connectivity index (χ4n) is 1.19. The van der Waals surface area contributed by atoms with E-state index in [2.05, 4.69) is 15.9 Å². The van der Waals surface area contributed by atoms with Crippen LogP contribution >= 0.6 is 27.5 Å². The molecule has 1 aromatic carbocycles. The lowest BCUT2D eigenvalue weighted by Gasteiger charge is -2.34. The van der Waals surface area contributed by atoms with Gasteiger partial charge in [0, 0.05) is 23.5 Å². The number of rotatable bonds is 3. The van der Waals surface area contributed by atoms with E-state index in [1.807, 2.05) is 13.8 Å². The normalized spacial score (nSPS) is 11.4. The minimum atomic E-state index is -0.581. The molecule has 0 bridgehead atoms. The highest BCUT2D eigenvalue weighted by molar-refractivity contribution is 9.09. The zero-order valence-corrected chi connectivity index (χ0v) is 12.3. The van der Waals surface area contributed by atoms with Crippen molar-refractivity contribution >= 4 is 33.4 Å². The molecular formula is C12H14BrClFNO. The van der Waals surface area contributed by atoms with Gasteiger partial charge in [0.2, 0.25) is 0 Å². The van der Waals surface area contributed by atoms with Gasteiger partial charge in [-0.3, -0.25) is 4.79 Å². The van der Waals surface area contributed by atoms with Crippen LogP contribution in [0, 0.1) is 5.82 Å². The summed E-state index contributed by atoms with van der Waals surface area (Å²) in [6, 6.07) is 4.07. The molecule has 1 amide bonds. The maximum Gasteiger partial charge on any atom is 0.254 e. The SMILES string of the molecule is CN(C(=O)c1ccc(Cl)c(F)c1)C(C)(C)CBr. The Bertz CT molecular complexity index is 437. The summed E-state index contributed by atoms with van der Waals surface area (Å²) in [5, 5.41) is 0.655. The van der Waals surface area contributed by atoms with E-state index in [9.17, 15) is 9.18 Å². The smallest absolute Gasteiger partial charge is 0.254 e. The zero-order valence-electron chi connectivity index (χ0n) is 9.93. The van der Waals surface area contributed by atoms with Crippen molar-refractivity contribution in [1.29, 1.82) is 0 Å². The summed E-state index contributed by atoms with van der Waals surface area (Å²) in [6.45, 7) is 3.85. The third-order valence-corrected chi connectivity index (χ3v) is 4.38. The summed E-state index contributed by atoms with van der Waals surface area (Å²) < 4.78 is 13.3. The number of carbonyl (C=O) groups is 1. The van der Waals surface area contributed by atoms with Crippen LogP contribution in [0.15, 0.2) is 18.2 Å². The molecule has 0 aliphatic heterocycles. The van der Waals surface area contributed by atoms with Crippen LogP contribution in [0.4, 0.5) is 4.39 Å². The summed E-state index contributed by atoms with van der Waals surface area (Å²) >= 11 is 8.92. The number of benzene rings is 1. The second-order valence-corrected chi connectivity index (χ2v) is 5.41. The highest BCUT2D eigenvalue weighted by Gasteiger charge is 2.27. The Morgan fingerprint density at radius 1 is 1.53 bits per heavy atom. The van der Waals surface area contributed by atoms with Crippen LogP contribution in [-0.4, -0.2) is 28.7 Å². The molecule has 0 aromatic heterocycles. The molecule has 1 rings (SSSR count). The molecule has 2 nitrogen and oxygen atoms in total. The average molecular weight is 323 g/mol. The van der Waals surface area contributed by atoms with Gasteiger partial charge in [-0.25, -0.2) is 4.39 Å². The number of hydrogen-bond donors (Lipinski definition) is 0. The van der Waals surface area contributed by atoms with Gasteiger partial charge in [0.25, 0.3) is 5.91 Å². The molecule has 0 radical (unpaired) electrons. The van der Waals surface area contributed by atoms with Crippen LogP contribution in [0.25, 0.3) is 0 Å². The fourth-order valence-corrected chi connectivity index (χ4v) is 1.68. The number of nitrogens with zero attached hydrogens (tertiary/aromatic N) is 1. The van der Waals surface area contributed by atoms with E-state index in [4.69, 9.17) is 11.6 Å². The zero-order chi connectivity index (χ0) is 13.2. The van der Waals surface area contributed by atoms with Gasteiger partial charge < -0.3 is 4.90 Å². The average Bonchev–Trinajstić information content (AvgIpc) is 2.30. The van der Waals surface area contributed by atoms with E-state index < -0.39 is 5.82 Å². The highest BCUT2D eigenvalue weighted by atomic mass is 79.9. The van der Waals surface area contributed by atoms with Crippen molar-refractivity contribution in [3.63, 3.8) is 0 Å². The molecule has 0 N–H and O–H groups in total. The Kier molecular flexibility index (Phi) is 4.55. The number of alkyl halides is 1. The van der Waals surface area contributed by atoms with Gasteiger partial charge in [0.1, 0.15) is 5.82 Å². The van der Waals surface area contributed by atoms with Gasteiger partial charge in [-0.15, -0.1) is 0 Å². The van der Waals surface area contributed by atoms with Crippen LogP contribution in [0.1, 0.15) is 24.2 Å². The molecule has 0 unspecified atom stereocenters. The molecule has 0 spiro atoms. The predicted octanol–water partition coefficient (Wildman–Crippen LogP) is 3.72. The Morgan fingerprint density at radius 2 is 2.12 bits per heavy atom. The van der Waals surface area contributed by atoms with Gasteiger partial charge >= 0.3 is 0 Å². The number of halogens is 3. The highest BCUT2D eigenvalue weighted by Crippen LogP contribution is 2.21. The van der Waals surface area contributed by atoms with Gasteiger partial charge in [0.05, 0.1) is 5.02 Å². The van der Waals surface area contributed by atoms with E-state index >= 15 is 0 Å². The molecule has 0 saturated heterocycles. The maximum absolute atomic E-state index is 13.3.